The van der Waals surface area contributed by atoms with Crippen LogP contribution in [0.15, 0.2) is 71.6 Å². The number of benzene rings is 3. The van der Waals surface area contributed by atoms with Gasteiger partial charge in [-0.3, -0.25) is 9.59 Å². The summed E-state index contributed by atoms with van der Waals surface area (Å²) in [6.45, 7) is 1.95. The zero-order valence-corrected chi connectivity index (χ0v) is 20.1. The predicted octanol–water partition coefficient (Wildman–Crippen LogP) is 6.12. The molecule has 33 heavy (non-hydrogen) atoms. The van der Waals surface area contributed by atoms with Crippen LogP contribution in [0.25, 0.3) is 0 Å². The second-order valence-corrected chi connectivity index (χ2v) is 8.75. The van der Waals surface area contributed by atoms with E-state index in [-0.39, 0.29) is 17.1 Å². The molecule has 3 rings (SSSR count). The molecule has 0 heterocycles. The van der Waals surface area contributed by atoms with Crippen LogP contribution in [-0.4, -0.2) is 31.3 Å². The number of amides is 2. The maximum Gasteiger partial charge on any atom is 0.255 e. The highest BCUT2D eigenvalue weighted by molar-refractivity contribution is 8.00. The molecule has 3 aromatic rings. The Morgan fingerprint density at radius 1 is 0.939 bits per heavy atom. The Kier molecular flexibility index (Phi) is 8.63. The smallest absolute Gasteiger partial charge is 0.255 e. The minimum atomic E-state index is -0.321. The zero-order valence-electron chi connectivity index (χ0n) is 18.6. The van der Waals surface area contributed by atoms with E-state index in [9.17, 15) is 9.59 Å². The lowest BCUT2D eigenvalue weighted by atomic mass is 10.2. The number of methoxy groups -OCH3 is 2. The predicted molar refractivity (Wildman–Crippen MR) is 134 cm³/mol. The standard InChI is InChI=1S/C25H25ClN2O4S/c1-4-23(25(30)28-18-10-13-22(32-3)21(26)15-18)33-20-7-5-6-17(14-20)27-24(29)16-8-11-19(31-2)12-9-16/h5-15,23H,4H2,1-3H3,(H,27,29)(H,28,30). The largest absolute Gasteiger partial charge is 0.497 e. The topological polar surface area (TPSA) is 76.7 Å². The van der Waals surface area contributed by atoms with Crippen molar-refractivity contribution in [3.05, 3.63) is 77.3 Å². The third-order valence-electron chi connectivity index (χ3n) is 4.81. The highest BCUT2D eigenvalue weighted by Crippen LogP contribution is 2.30. The van der Waals surface area contributed by atoms with Gasteiger partial charge < -0.3 is 20.1 Å². The SMILES string of the molecule is CCC(Sc1cccc(NC(=O)c2ccc(OC)cc2)c1)C(=O)Nc1ccc(OC)c(Cl)c1. The third kappa shape index (κ3) is 6.66. The molecule has 2 N–H and O–H groups in total. The van der Waals surface area contributed by atoms with Crippen molar-refractivity contribution in [2.45, 2.75) is 23.5 Å². The first-order valence-corrected chi connectivity index (χ1v) is 11.6. The van der Waals surface area contributed by atoms with Crippen molar-refractivity contribution in [3.8, 4) is 11.5 Å². The molecule has 8 heteroatoms. The van der Waals surface area contributed by atoms with Gasteiger partial charge in [0.25, 0.3) is 5.91 Å². The van der Waals surface area contributed by atoms with Crippen molar-refractivity contribution in [2.24, 2.45) is 0 Å². The number of hydrogen-bond acceptors (Lipinski definition) is 5. The number of halogens is 1. The van der Waals surface area contributed by atoms with Crippen LogP contribution < -0.4 is 20.1 Å². The van der Waals surface area contributed by atoms with Gasteiger partial charge in [0.1, 0.15) is 11.5 Å². The summed E-state index contributed by atoms with van der Waals surface area (Å²) < 4.78 is 10.3. The second-order valence-electron chi connectivity index (χ2n) is 7.06. The average Bonchev–Trinajstić information content (AvgIpc) is 2.83. The van der Waals surface area contributed by atoms with Gasteiger partial charge in [-0.15, -0.1) is 11.8 Å². The van der Waals surface area contributed by atoms with Crippen molar-refractivity contribution >= 4 is 46.6 Å². The van der Waals surface area contributed by atoms with Crippen molar-refractivity contribution in [1.82, 2.24) is 0 Å². The highest BCUT2D eigenvalue weighted by atomic mass is 35.5. The molecule has 0 aromatic heterocycles. The highest BCUT2D eigenvalue weighted by Gasteiger charge is 2.19. The molecule has 0 aliphatic carbocycles. The van der Waals surface area contributed by atoms with Gasteiger partial charge in [-0.1, -0.05) is 24.6 Å². The lowest BCUT2D eigenvalue weighted by molar-refractivity contribution is -0.115. The van der Waals surface area contributed by atoms with E-state index in [0.29, 0.717) is 39.9 Å². The Hall–Kier alpha value is -3.16. The number of rotatable bonds is 9. The molecule has 172 valence electrons. The first-order chi connectivity index (χ1) is 15.9. The summed E-state index contributed by atoms with van der Waals surface area (Å²) in [4.78, 5) is 26.2. The Balaban J connectivity index is 1.65. The number of ether oxygens (including phenoxy) is 2. The van der Waals surface area contributed by atoms with E-state index < -0.39 is 0 Å². The summed E-state index contributed by atoms with van der Waals surface area (Å²) in [7, 11) is 3.12. The molecular weight excluding hydrogens is 460 g/mol. The van der Waals surface area contributed by atoms with Crippen LogP contribution in [0.5, 0.6) is 11.5 Å². The van der Waals surface area contributed by atoms with Crippen LogP contribution in [0.1, 0.15) is 23.7 Å². The van der Waals surface area contributed by atoms with Crippen LogP contribution in [0.2, 0.25) is 5.02 Å². The van der Waals surface area contributed by atoms with E-state index >= 15 is 0 Å². The van der Waals surface area contributed by atoms with E-state index in [1.54, 1.807) is 49.6 Å². The van der Waals surface area contributed by atoms with Gasteiger partial charge in [0.2, 0.25) is 5.91 Å². The molecule has 0 aliphatic rings. The molecule has 0 aliphatic heterocycles. The first-order valence-electron chi connectivity index (χ1n) is 10.3. The van der Waals surface area contributed by atoms with E-state index in [4.69, 9.17) is 21.1 Å². The molecule has 0 saturated heterocycles. The van der Waals surface area contributed by atoms with Crippen LogP contribution in [0, 0.1) is 0 Å². The number of hydrogen-bond donors (Lipinski definition) is 2. The Bertz CT molecular complexity index is 1120. The summed E-state index contributed by atoms with van der Waals surface area (Å²) in [5.74, 6) is 0.882. The molecule has 3 aromatic carbocycles. The molecule has 6 nitrogen and oxygen atoms in total. The molecule has 2 amide bonds. The summed E-state index contributed by atoms with van der Waals surface area (Å²) in [6, 6.07) is 19.4. The summed E-state index contributed by atoms with van der Waals surface area (Å²) in [5.41, 5.74) is 1.78. The normalized spacial score (nSPS) is 11.4. The van der Waals surface area contributed by atoms with Crippen molar-refractivity contribution in [1.29, 1.82) is 0 Å². The van der Waals surface area contributed by atoms with Gasteiger partial charge in [0.05, 0.1) is 24.5 Å². The van der Waals surface area contributed by atoms with E-state index in [2.05, 4.69) is 10.6 Å². The van der Waals surface area contributed by atoms with Crippen LogP contribution in [0.4, 0.5) is 11.4 Å². The number of carbonyl (C=O) groups is 2. The fourth-order valence-corrected chi connectivity index (χ4v) is 4.32. The second kappa shape index (κ2) is 11.6. The average molecular weight is 485 g/mol. The number of carbonyl (C=O) groups excluding carboxylic acids is 2. The molecule has 0 fully saturated rings. The molecule has 1 unspecified atom stereocenters. The van der Waals surface area contributed by atoms with E-state index in [0.717, 1.165) is 4.90 Å². The van der Waals surface area contributed by atoms with Gasteiger partial charge in [0, 0.05) is 21.8 Å². The van der Waals surface area contributed by atoms with E-state index in [1.807, 2.05) is 31.2 Å². The third-order valence-corrected chi connectivity index (χ3v) is 6.46. The Labute approximate surface area is 202 Å². The minimum absolute atomic E-state index is 0.128. The van der Waals surface area contributed by atoms with Gasteiger partial charge in [-0.05, 0) is 67.1 Å². The fraction of sp³-hybridized carbons (Fsp3) is 0.200. The Morgan fingerprint density at radius 3 is 2.30 bits per heavy atom. The van der Waals surface area contributed by atoms with Crippen molar-refractivity contribution < 1.29 is 19.1 Å². The molecule has 0 bridgehead atoms. The van der Waals surface area contributed by atoms with Crippen molar-refractivity contribution in [2.75, 3.05) is 24.9 Å². The minimum Gasteiger partial charge on any atom is -0.497 e. The number of anilines is 2. The van der Waals surface area contributed by atoms with E-state index in [1.165, 1.54) is 18.9 Å². The van der Waals surface area contributed by atoms with Crippen LogP contribution in [0.3, 0.4) is 0 Å². The molecule has 0 saturated carbocycles. The number of nitrogens with one attached hydrogen (secondary N) is 2. The van der Waals surface area contributed by atoms with Crippen LogP contribution >= 0.6 is 23.4 Å². The molecule has 0 radical (unpaired) electrons. The molecular formula is C25H25ClN2O4S. The molecule has 1 atom stereocenters. The lowest BCUT2D eigenvalue weighted by Gasteiger charge is -2.16. The fourth-order valence-electron chi connectivity index (χ4n) is 3.05. The lowest BCUT2D eigenvalue weighted by Crippen LogP contribution is -2.24. The summed E-state index contributed by atoms with van der Waals surface area (Å²) >= 11 is 7.58. The van der Waals surface area contributed by atoms with Gasteiger partial charge in [0.15, 0.2) is 0 Å². The quantitative estimate of drug-likeness (QED) is 0.358. The first kappa shape index (κ1) is 24.5. The number of thioether (sulfide) groups is 1. The van der Waals surface area contributed by atoms with Crippen LogP contribution in [-0.2, 0) is 4.79 Å². The maximum atomic E-state index is 12.8. The summed E-state index contributed by atoms with van der Waals surface area (Å²) in [6.07, 6.45) is 0.628. The summed E-state index contributed by atoms with van der Waals surface area (Å²) in [5, 5.41) is 5.90. The monoisotopic (exact) mass is 484 g/mol. The van der Waals surface area contributed by atoms with Gasteiger partial charge in [-0.25, -0.2) is 0 Å². The van der Waals surface area contributed by atoms with Gasteiger partial charge >= 0.3 is 0 Å². The van der Waals surface area contributed by atoms with Crippen molar-refractivity contribution in [3.63, 3.8) is 0 Å². The zero-order chi connectivity index (χ0) is 23.8. The Morgan fingerprint density at radius 2 is 1.67 bits per heavy atom. The van der Waals surface area contributed by atoms with Gasteiger partial charge in [-0.2, -0.15) is 0 Å². The molecule has 0 spiro atoms. The maximum absolute atomic E-state index is 12.8.